The Morgan fingerprint density at radius 3 is 2.14 bits per heavy atom. The van der Waals surface area contributed by atoms with Gasteiger partial charge in [0.05, 0.1) is 19.4 Å². The van der Waals surface area contributed by atoms with Gasteiger partial charge in [-0.1, -0.05) is 76.0 Å². The molecule has 160 valence electrons. The largest absolute Gasteiger partial charge is 0.481 e. The molecule has 4 heteroatoms. The number of unbranched alkanes of at least 4 members (excludes halogenated alkanes) is 4. The topological polar surface area (TPSA) is 63.6 Å². The second-order valence-electron chi connectivity index (χ2n) is 7.14. The van der Waals surface area contributed by atoms with Gasteiger partial charge in [-0.2, -0.15) is 0 Å². The zero-order valence-electron chi connectivity index (χ0n) is 17.9. The van der Waals surface area contributed by atoms with Crippen molar-refractivity contribution in [2.75, 3.05) is 6.61 Å². The van der Waals surface area contributed by atoms with Crippen molar-refractivity contribution in [1.82, 2.24) is 0 Å². The summed E-state index contributed by atoms with van der Waals surface area (Å²) in [4.78, 5) is 21.9. The van der Waals surface area contributed by atoms with Crippen LogP contribution in [0, 0.1) is 5.92 Å². The van der Waals surface area contributed by atoms with Gasteiger partial charge in [-0.25, -0.2) is 0 Å². The van der Waals surface area contributed by atoms with E-state index in [9.17, 15) is 9.59 Å². The van der Waals surface area contributed by atoms with Gasteiger partial charge >= 0.3 is 11.9 Å². The van der Waals surface area contributed by atoms with Gasteiger partial charge in [0.25, 0.3) is 0 Å². The summed E-state index contributed by atoms with van der Waals surface area (Å²) in [5.41, 5.74) is 0. The van der Waals surface area contributed by atoms with Gasteiger partial charge in [0.2, 0.25) is 0 Å². The van der Waals surface area contributed by atoms with E-state index in [0.29, 0.717) is 12.5 Å². The van der Waals surface area contributed by atoms with E-state index < -0.39 is 11.9 Å². The number of carbonyl (C=O) groups excluding carboxylic acids is 1. The third kappa shape index (κ3) is 18.9. The Morgan fingerprint density at radius 2 is 1.50 bits per heavy atom. The van der Waals surface area contributed by atoms with Gasteiger partial charge in [-0.05, 0) is 44.4 Å². The van der Waals surface area contributed by atoms with E-state index in [-0.39, 0.29) is 12.8 Å². The van der Waals surface area contributed by atoms with E-state index in [1.807, 2.05) is 0 Å². The zero-order valence-corrected chi connectivity index (χ0v) is 17.9. The molecule has 0 fully saturated rings. The fourth-order valence-corrected chi connectivity index (χ4v) is 2.77. The zero-order chi connectivity index (χ0) is 20.9. The Bertz CT molecular complexity index is 477. The van der Waals surface area contributed by atoms with E-state index in [0.717, 1.165) is 44.9 Å². The summed E-state index contributed by atoms with van der Waals surface area (Å²) in [6.07, 6.45) is 24.3. The first-order valence-electron chi connectivity index (χ1n) is 10.9. The van der Waals surface area contributed by atoms with E-state index >= 15 is 0 Å². The van der Waals surface area contributed by atoms with Gasteiger partial charge in [-0.15, -0.1) is 0 Å². The number of esters is 1. The first-order chi connectivity index (χ1) is 13.6. The fourth-order valence-electron chi connectivity index (χ4n) is 2.77. The lowest BCUT2D eigenvalue weighted by atomic mass is 9.99. The predicted octanol–water partition coefficient (Wildman–Crippen LogP) is 6.62. The highest BCUT2D eigenvalue weighted by atomic mass is 16.5. The Kier molecular flexibility index (Phi) is 18.6. The maximum absolute atomic E-state index is 11.5. The number of carboxylic acid groups (broad SMARTS) is 1. The van der Waals surface area contributed by atoms with E-state index in [2.05, 4.69) is 50.3 Å². The van der Waals surface area contributed by atoms with Crippen LogP contribution in [0.3, 0.4) is 0 Å². The second-order valence-corrected chi connectivity index (χ2v) is 7.14. The Labute approximate surface area is 171 Å². The van der Waals surface area contributed by atoms with Crippen LogP contribution in [0.25, 0.3) is 0 Å². The minimum atomic E-state index is -0.963. The molecule has 0 heterocycles. The summed E-state index contributed by atoms with van der Waals surface area (Å²) in [6.45, 7) is 4.67. The maximum Gasteiger partial charge on any atom is 0.306 e. The van der Waals surface area contributed by atoms with E-state index in [1.54, 1.807) is 0 Å². The van der Waals surface area contributed by atoms with Crippen LogP contribution < -0.4 is 0 Å². The minimum absolute atomic E-state index is 0.0367. The molecular formula is C24H40O4. The van der Waals surface area contributed by atoms with Crippen molar-refractivity contribution in [3.05, 3.63) is 36.5 Å². The van der Waals surface area contributed by atoms with Crippen molar-refractivity contribution in [2.24, 2.45) is 5.92 Å². The Balaban J connectivity index is 3.59. The minimum Gasteiger partial charge on any atom is -0.481 e. The van der Waals surface area contributed by atoms with Gasteiger partial charge < -0.3 is 9.84 Å². The standard InChI is InChI=1S/C24H40O4/c1-3-5-6-7-8-9-10-11-12-13-14-15-16-17-18-22(4-2)21-28-24(27)20-19-23(25)26/h5-6,8-9,11-12,22H,3-4,7,10,13-21H2,1-2H3,(H,25,26). The molecule has 0 amide bonds. The second kappa shape index (κ2) is 19.9. The molecule has 28 heavy (non-hydrogen) atoms. The summed E-state index contributed by atoms with van der Waals surface area (Å²) in [5.74, 6) is -0.984. The molecule has 0 aliphatic carbocycles. The molecule has 0 aliphatic rings. The smallest absolute Gasteiger partial charge is 0.306 e. The summed E-state index contributed by atoms with van der Waals surface area (Å²) >= 11 is 0. The third-order valence-corrected chi connectivity index (χ3v) is 4.61. The van der Waals surface area contributed by atoms with Gasteiger partial charge in [0.15, 0.2) is 0 Å². The third-order valence-electron chi connectivity index (χ3n) is 4.61. The van der Waals surface area contributed by atoms with Crippen molar-refractivity contribution in [1.29, 1.82) is 0 Å². The molecule has 0 aromatic carbocycles. The molecule has 0 rings (SSSR count). The molecule has 0 saturated carbocycles. The van der Waals surface area contributed by atoms with Crippen LogP contribution in [0.4, 0.5) is 0 Å². The fraction of sp³-hybridized carbons (Fsp3) is 0.667. The van der Waals surface area contributed by atoms with Crippen LogP contribution in [0.15, 0.2) is 36.5 Å². The predicted molar refractivity (Wildman–Crippen MR) is 116 cm³/mol. The summed E-state index contributed by atoms with van der Waals surface area (Å²) < 4.78 is 5.19. The molecule has 1 N–H and O–H groups in total. The molecule has 0 aliphatic heterocycles. The molecule has 1 unspecified atom stereocenters. The highest BCUT2D eigenvalue weighted by Crippen LogP contribution is 2.16. The van der Waals surface area contributed by atoms with Crippen LogP contribution in [0.1, 0.15) is 90.9 Å². The van der Waals surface area contributed by atoms with Crippen molar-refractivity contribution < 1.29 is 19.4 Å². The molecule has 0 radical (unpaired) electrons. The Hall–Kier alpha value is -1.84. The molecule has 0 aromatic rings. The number of hydrogen-bond donors (Lipinski definition) is 1. The lowest BCUT2D eigenvalue weighted by Gasteiger charge is -2.14. The molecule has 4 nitrogen and oxygen atoms in total. The van der Waals surface area contributed by atoms with Crippen molar-refractivity contribution in [3.63, 3.8) is 0 Å². The summed E-state index contributed by atoms with van der Waals surface area (Å²) in [5, 5.41) is 8.56. The average Bonchev–Trinajstić information content (AvgIpc) is 2.68. The lowest BCUT2D eigenvalue weighted by molar-refractivity contribution is -0.148. The van der Waals surface area contributed by atoms with Crippen LogP contribution in [-0.4, -0.2) is 23.7 Å². The van der Waals surface area contributed by atoms with Crippen LogP contribution in [0.5, 0.6) is 0 Å². The van der Waals surface area contributed by atoms with Crippen LogP contribution in [-0.2, 0) is 14.3 Å². The number of ether oxygens (including phenoxy) is 1. The number of carbonyl (C=O) groups is 2. The number of rotatable bonds is 18. The SMILES string of the molecule is CCC=CCC=CCC=CCCCCCCC(CC)COC(=O)CCC(=O)O. The van der Waals surface area contributed by atoms with Crippen molar-refractivity contribution in [2.45, 2.75) is 90.9 Å². The van der Waals surface area contributed by atoms with E-state index in [1.165, 1.54) is 19.3 Å². The maximum atomic E-state index is 11.5. The van der Waals surface area contributed by atoms with Crippen molar-refractivity contribution >= 4 is 11.9 Å². The average molecular weight is 393 g/mol. The van der Waals surface area contributed by atoms with Gasteiger partial charge in [0, 0.05) is 0 Å². The number of allylic oxidation sites excluding steroid dienone is 6. The van der Waals surface area contributed by atoms with Gasteiger partial charge in [0.1, 0.15) is 0 Å². The molecule has 0 aromatic heterocycles. The number of carboxylic acids is 1. The van der Waals surface area contributed by atoms with E-state index in [4.69, 9.17) is 9.84 Å². The molecule has 0 spiro atoms. The van der Waals surface area contributed by atoms with Gasteiger partial charge in [-0.3, -0.25) is 9.59 Å². The normalized spacial score (nSPS) is 12.9. The summed E-state index contributed by atoms with van der Waals surface area (Å²) in [6, 6.07) is 0. The highest BCUT2D eigenvalue weighted by Gasteiger charge is 2.11. The van der Waals surface area contributed by atoms with Crippen molar-refractivity contribution in [3.8, 4) is 0 Å². The number of hydrogen-bond acceptors (Lipinski definition) is 3. The summed E-state index contributed by atoms with van der Waals surface area (Å²) in [7, 11) is 0. The Morgan fingerprint density at radius 1 is 0.857 bits per heavy atom. The lowest BCUT2D eigenvalue weighted by Crippen LogP contribution is -2.14. The monoisotopic (exact) mass is 392 g/mol. The molecular weight excluding hydrogens is 352 g/mol. The molecule has 1 atom stereocenters. The first kappa shape index (κ1) is 26.2. The first-order valence-corrected chi connectivity index (χ1v) is 10.9. The number of aliphatic carboxylic acids is 1. The molecule has 0 saturated heterocycles. The van der Waals surface area contributed by atoms with Crippen LogP contribution in [0.2, 0.25) is 0 Å². The van der Waals surface area contributed by atoms with Crippen LogP contribution >= 0.6 is 0 Å². The quantitative estimate of drug-likeness (QED) is 0.162. The highest BCUT2D eigenvalue weighted by molar-refractivity contribution is 5.76. The molecule has 0 bridgehead atoms.